The van der Waals surface area contributed by atoms with Gasteiger partial charge in [-0.2, -0.15) is 5.10 Å². The van der Waals surface area contributed by atoms with Crippen LogP contribution in [0.5, 0.6) is 0 Å². The summed E-state index contributed by atoms with van der Waals surface area (Å²) in [6, 6.07) is 14.4. The highest BCUT2D eigenvalue weighted by Crippen LogP contribution is 2.27. The maximum absolute atomic E-state index is 11.5. The van der Waals surface area contributed by atoms with Crippen LogP contribution in [-0.4, -0.2) is 11.6 Å². The molecule has 0 spiro atoms. The average Bonchev–Trinajstić information content (AvgIpc) is 3.35. The summed E-state index contributed by atoms with van der Waals surface area (Å²) in [5.41, 5.74) is 6.06. The molecule has 34 heavy (non-hydrogen) atoms. The molecule has 0 bridgehead atoms. The van der Waals surface area contributed by atoms with Gasteiger partial charge in [-0.15, -0.1) is 0 Å². The number of rotatable bonds is 17. The second-order valence-electron chi connectivity index (χ2n) is 9.32. The third kappa shape index (κ3) is 11.5. The smallest absolute Gasteiger partial charge is 0.236 e. The van der Waals surface area contributed by atoms with E-state index in [4.69, 9.17) is 4.42 Å². The molecule has 1 unspecified atom stereocenters. The van der Waals surface area contributed by atoms with E-state index in [2.05, 4.69) is 47.8 Å². The van der Waals surface area contributed by atoms with Crippen molar-refractivity contribution in [2.75, 3.05) is 0 Å². The molecule has 4 nitrogen and oxygen atoms in total. The summed E-state index contributed by atoms with van der Waals surface area (Å²) in [5.74, 6) is 0.862. The number of hydrogen-bond acceptors (Lipinski definition) is 3. The molecule has 4 heteroatoms. The van der Waals surface area contributed by atoms with Gasteiger partial charge in [-0.3, -0.25) is 4.79 Å². The maximum Gasteiger partial charge on any atom is 0.236 e. The van der Waals surface area contributed by atoms with E-state index in [-0.39, 0.29) is 11.8 Å². The molecule has 186 valence electrons. The van der Waals surface area contributed by atoms with Gasteiger partial charge >= 0.3 is 0 Å². The Morgan fingerprint density at radius 1 is 0.912 bits per heavy atom. The fourth-order valence-electron chi connectivity index (χ4n) is 4.35. The predicted octanol–water partition coefficient (Wildman–Crippen LogP) is 8.34. The van der Waals surface area contributed by atoms with Gasteiger partial charge in [0.15, 0.2) is 0 Å². The topological polar surface area (TPSA) is 54.6 Å². The Kier molecular flexibility index (Phi) is 13.7. The molecule has 1 heterocycles. The third-order valence-corrected chi connectivity index (χ3v) is 6.30. The van der Waals surface area contributed by atoms with Crippen LogP contribution in [0.3, 0.4) is 0 Å². The van der Waals surface area contributed by atoms with Crippen molar-refractivity contribution in [3.8, 4) is 0 Å². The Bertz CT molecular complexity index is 853. The molecule has 1 N–H and O–H groups in total. The van der Waals surface area contributed by atoms with E-state index in [0.29, 0.717) is 0 Å². The first kappa shape index (κ1) is 27.6. The summed E-state index contributed by atoms with van der Waals surface area (Å²) in [6.45, 7) is 5.76. The van der Waals surface area contributed by atoms with Crippen molar-refractivity contribution in [3.63, 3.8) is 0 Å². The summed E-state index contributed by atoms with van der Waals surface area (Å²) >= 11 is 0. The Balaban J connectivity index is 2.03. The average molecular weight is 465 g/mol. The van der Waals surface area contributed by atoms with Gasteiger partial charge in [0.1, 0.15) is 5.76 Å². The largest absolute Gasteiger partial charge is 0.469 e. The number of furan rings is 1. The van der Waals surface area contributed by atoms with E-state index >= 15 is 0 Å². The first-order chi connectivity index (χ1) is 16.6. The minimum absolute atomic E-state index is 0.0803. The van der Waals surface area contributed by atoms with Gasteiger partial charge in [0, 0.05) is 25.0 Å². The molecule has 0 saturated carbocycles. The van der Waals surface area contributed by atoms with Gasteiger partial charge in [-0.1, -0.05) is 107 Å². The van der Waals surface area contributed by atoms with Gasteiger partial charge in [0.05, 0.1) is 6.26 Å². The summed E-state index contributed by atoms with van der Waals surface area (Å²) in [4.78, 5) is 11.5. The summed E-state index contributed by atoms with van der Waals surface area (Å²) < 4.78 is 5.68. The Morgan fingerprint density at radius 2 is 1.56 bits per heavy atom. The zero-order chi connectivity index (χ0) is 24.4. The van der Waals surface area contributed by atoms with Crippen LogP contribution in [0.25, 0.3) is 6.08 Å². The first-order valence-electron chi connectivity index (χ1n) is 13.2. The molecule has 1 amide bonds. The summed E-state index contributed by atoms with van der Waals surface area (Å²) in [7, 11) is 0. The van der Waals surface area contributed by atoms with Crippen molar-refractivity contribution in [1.82, 2.24) is 5.43 Å². The number of hydrazone groups is 1. The Morgan fingerprint density at radius 3 is 2.15 bits per heavy atom. The number of carbonyl (C=O) groups excluding carboxylic acids is 1. The van der Waals surface area contributed by atoms with E-state index in [9.17, 15) is 4.79 Å². The molecule has 0 fully saturated rings. The number of nitrogens with one attached hydrogen (secondary N) is 1. The molecular formula is C30H44N2O2. The predicted molar refractivity (Wildman–Crippen MR) is 144 cm³/mol. The van der Waals surface area contributed by atoms with Crippen LogP contribution < -0.4 is 5.43 Å². The first-order valence-corrected chi connectivity index (χ1v) is 13.2. The molecule has 0 aliphatic carbocycles. The van der Waals surface area contributed by atoms with E-state index in [1.807, 2.05) is 25.1 Å². The highest BCUT2D eigenvalue weighted by Gasteiger charge is 2.20. The standard InChI is InChI=1S/C30H44N2O2/c1-4-5-6-7-8-9-10-11-12-16-20-28(23-27-18-14-13-15-19-27)30(24-29-21-17-22-34-29)25(2)31-32-26(3)33/h13-15,17-19,21-23,30H,4-12,16,20,24H2,1-3H3,(H,32,33). The number of carbonyl (C=O) groups is 1. The Hall–Kier alpha value is -2.62. The zero-order valence-corrected chi connectivity index (χ0v) is 21.5. The van der Waals surface area contributed by atoms with Crippen molar-refractivity contribution < 1.29 is 9.21 Å². The fourth-order valence-corrected chi connectivity index (χ4v) is 4.35. The van der Waals surface area contributed by atoms with Crippen molar-refractivity contribution >= 4 is 17.7 Å². The highest BCUT2D eigenvalue weighted by atomic mass is 16.3. The lowest BCUT2D eigenvalue weighted by Crippen LogP contribution is -2.22. The lowest BCUT2D eigenvalue weighted by Gasteiger charge is -2.20. The lowest BCUT2D eigenvalue weighted by molar-refractivity contribution is -0.118. The number of benzene rings is 1. The van der Waals surface area contributed by atoms with E-state index in [1.54, 1.807) is 6.26 Å². The second kappa shape index (κ2) is 16.9. The second-order valence-corrected chi connectivity index (χ2v) is 9.32. The molecular weight excluding hydrogens is 420 g/mol. The SMILES string of the molecule is CCCCCCCCCCCCC(=Cc1ccccc1)C(Cc1ccco1)C(C)=NNC(C)=O. The molecule has 1 aromatic heterocycles. The van der Waals surface area contributed by atoms with Crippen LogP contribution in [0, 0.1) is 5.92 Å². The molecule has 0 saturated heterocycles. The van der Waals surface area contributed by atoms with Crippen molar-refractivity contribution in [2.45, 2.75) is 97.8 Å². The van der Waals surface area contributed by atoms with Crippen LogP contribution in [0.15, 0.2) is 63.8 Å². The van der Waals surface area contributed by atoms with E-state index < -0.39 is 0 Å². The molecule has 1 aromatic carbocycles. The molecule has 1 atom stereocenters. The van der Waals surface area contributed by atoms with Gasteiger partial charge in [0.25, 0.3) is 0 Å². The molecule has 0 aliphatic rings. The summed E-state index contributed by atoms with van der Waals surface area (Å²) in [5, 5.41) is 4.40. The molecule has 2 aromatic rings. The van der Waals surface area contributed by atoms with Crippen LogP contribution in [0.1, 0.15) is 103 Å². The number of nitrogens with zero attached hydrogens (tertiary/aromatic N) is 1. The number of allylic oxidation sites excluding steroid dienone is 1. The number of amides is 1. The monoisotopic (exact) mass is 464 g/mol. The van der Waals surface area contributed by atoms with Gasteiger partial charge in [-0.05, 0) is 37.5 Å². The van der Waals surface area contributed by atoms with Crippen LogP contribution in [-0.2, 0) is 11.2 Å². The minimum atomic E-state index is -0.153. The minimum Gasteiger partial charge on any atom is -0.469 e. The van der Waals surface area contributed by atoms with Crippen LogP contribution >= 0.6 is 0 Å². The van der Waals surface area contributed by atoms with Crippen LogP contribution in [0.4, 0.5) is 0 Å². The van der Waals surface area contributed by atoms with Crippen LogP contribution in [0.2, 0.25) is 0 Å². The lowest BCUT2D eigenvalue weighted by atomic mass is 9.85. The maximum atomic E-state index is 11.5. The zero-order valence-electron chi connectivity index (χ0n) is 21.5. The highest BCUT2D eigenvalue weighted by molar-refractivity contribution is 5.89. The van der Waals surface area contributed by atoms with Gasteiger partial charge < -0.3 is 4.42 Å². The third-order valence-electron chi connectivity index (χ3n) is 6.30. The fraction of sp³-hybridized carbons (Fsp3) is 0.533. The van der Waals surface area contributed by atoms with Crippen molar-refractivity contribution in [2.24, 2.45) is 11.0 Å². The number of unbranched alkanes of at least 4 members (excludes halogenated alkanes) is 9. The molecule has 2 rings (SSSR count). The molecule has 0 aliphatic heterocycles. The van der Waals surface area contributed by atoms with E-state index in [1.165, 1.54) is 75.8 Å². The Labute approximate surface area is 206 Å². The van der Waals surface area contributed by atoms with Gasteiger partial charge in [0.2, 0.25) is 5.91 Å². The quantitative estimate of drug-likeness (QED) is 0.145. The van der Waals surface area contributed by atoms with E-state index in [0.717, 1.165) is 30.7 Å². The molecule has 0 radical (unpaired) electrons. The normalized spacial score (nSPS) is 13.1. The summed E-state index contributed by atoms with van der Waals surface area (Å²) in [6.07, 6.45) is 19.0. The van der Waals surface area contributed by atoms with Crippen molar-refractivity contribution in [1.29, 1.82) is 0 Å². The van der Waals surface area contributed by atoms with Gasteiger partial charge in [-0.25, -0.2) is 5.43 Å². The van der Waals surface area contributed by atoms with Crippen molar-refractivity contribution in [3.05, 3.63) is 65.6 Å². The number of hydrogen-bond donors (Lipinski definition) is 1.